The summed E-state index contributed by atoms with van der Waals surface area (Å²) in [7, 11) is 1.31. The Bertz CT molecular complexity index is 580. The molecule has 0 aliphatic heterocycles. The zero-order valence-electron chi connectivity index (χ0n) is 11.6. The van der Waals surface area contributed by atoms with Gasteiger partial charge in [-0.15, -0.1) is 0 Å². The van der Waals surface area contributed by atoms with Gasteiger partial charge in [0.05, 0.1) is 23.2 Å². The molecule has 1 unspecified atom stereocenters. The van der Waals surface area contributed by atoms with Crippen LogP contribution in [0.25, 0.3) is 0 Å². The quantitative estimate of drug-likeness (QED) is 0.680. The summed E-state index contributed by atoms with van der Waals surface area (Å²) in [5, 5.41) is 13.9. The Balaban J connectivity index is 2.54. The minimum Gasteiger partial charge on any atom is -0.480 e. The van der Waals surface area contributed by atoms with Gasteiger partial charge in [0, 0.05) is 12.7 Å². The van der Waals surface area contributed by atoms with E-state index in [1.54, 1.807) is 0 Å². The summed E-state index contributed by atoms with van der Waals surface area (Å²) in [6.45, 7) is -0.561. The molecule has 1 atom stereocenters. The van der Waals surface area contributed by atoms with E-state index in [1.165, 1.54) is 25.3 Å². The zero-order valence-corrected chi connectivity index (χ0v) is 13.1. The number of methoxy groups -OCH3 is 1. The van der Waals surface area contributed by atoms with Crippen molar-refractivity contribution >= 4 is 41.0 Å². The number of carbonyl (C=O) groups is 3. The normalized spacial score (nSPS) is 11.6. The topological polar surface area (TPSA) is 105 Å². The average molecular weight is 349 g/mol. The second kappa shape index (κ2) is 8.57. The summed E-state index contributed by atoms with van der Waals surface area (Å²) in [5.41, 5.74) is 0.230. The van der Waals surface area contributed by atoms with Crippen LogP contribution in [0.5, 0.6) is 0 Å². The Hall–Kier alpha value is -1.83. The van der Waals surface area contributed by atoms with Gasteiger partial charge in [-0.2, -0.15) is 0 Å². The van der Waals surface area contributed by atoms with Crippen LogP contribution in [0.2, 0.25) is 10.0 Å². The summed E-state index contributed by atoms with van der Waals surface area (Å²) in [5.74, 6) is -2.42. The van der Waals surface area contributed by atoms with Crippen molar-refractivity contribution in [2.24, 2.45) is 0 Å². The van der Waals surface area contributed by atoms with Gasteiger partial charge in [-0.3, -0.25) is 9.59 Å². The monoisotopic (exact) mass is 348 g/mol. The first-order valence-electron chi connectivity index (χ1n) is 6.09. The van der Waals surface area contributed by atoms with Crippen LogP contribution in [0, 0.1) is 0 Å². The van der Waals surface area contributed by atoms with Gasteiger partial charge in [0.15, 0.2) is 6.04 Å². The summed E-state index contributed by atoms with van der Waals surface area (Å²) in [6, 6.07) is 3.09. The number of benzene rings is 1. The number of nitrogens with one attached hydrogen (secondary N) is 2. The van der Waals surface area contributed by atoms with Crippen LogP contribution in [0.1, 0.15) is 10.4 Å². The Morgan fingerprint density at radius 2 is 1.95 bits per heavy atom. The summed E-state index contributed by atoms with van der Waals surface area (Å²) in [4.78, 5) is 34.3. The lowest BCUT2D eigenvalue weighted by Crippen LogP contribution is -2.47. The van der Waals surface area contributed by atoms with Crippen LogP contribution in [-0.2, 0) is 14.3 Å². The minimum absolute atomic E-state index is 0.179. The van der Waals surface area contributed by atoms with Crippen molar-refractivity contribution in [1.29, 1.82) is 0 Å². The number of aliphatic carboxylic acids is 1. The molecule has 1 aromatic carbocycles. The molecule has 22 heavy (non-hydrogen) atoms. The summed E-state index contributed by atoms with van der Waals surface area (Å²) < 4.78 is 4.68. The molecule has 0 aromatic heterocycles. The highest BCUT2D eigenvalue weighted by molar-refractivity contribution is 6.42. The second-order valence-electron chi connectivity index (χ2n) is 4.23. The molecular weight excluding hydrogens is 335 g/mol. The number of halogens is 2. The number of ether oxygens (including phenoxy) is 1. The molecule has 0 aliphatic rings. The number of hydrogen-bond donors (Lipinski definition) is 3. The summed E-state index contributed by atoms with van der Waals surface area (Å²) in [6.07, 6.45) is 0. The number of carboxylic acid groups (broad SMARTS) is 1. The van der Waals surface area contributed by atoms with Crippen molar-refractivity contribution in [3.05, 3.63) is 33.8 Å². The first kappa shape index (κ1) is 18.2. The number of carbonyl (C=O) groups excluding carboxylic acids is 2. The average Bonchev–Trinajstić information content (AvgIpc) is 2.47. The van der Waals surface area contributed by atoms with Crippen LogP contribution in [0.4, 0.5) is 0 Å². The molecule has 0 heterocycles. The molecule has 0 fully saturated rings. The van der Waals surface area contributed by atoms with Gasteiger partial charge in [0.25, 0.3) is 5.91 Å². The molecule has 9 heteroatoms. The number of amides is 2. The first-order chi connectivity index (χ1) is 10.3. The Morgan fingerprint density at radius 1 is 1.27 bits per heavy atom. The SMILES string of the molecule is COCC(NC(=O)CNC(=O)c1ccc(Cl)c(Cl)c1)C(=O)O. The predicted octanol–water partition coefficient (Wildman–Crippen LogP) is 0.939. The van der Waals surface area contributed by atoms with Crippen LogP contribution >= 0.6 is 23.2 Å². The lowest BCUT2D eigenvalue weighted by molar-refractivity contribution is -0.143. The number of carboxylic acids is 1. The van der Waals surface area contributed by atoms with E-state index in [2.05, 4.69) is 15.4 Å². The van der Waals surface area contributed by atoms with Gasteiger partial charge in [-0.05, 0) is 18.2 Å². The Labute approximate surface area is 136 Å². The highest BCUT2D eigenvalue weighted by atomic mass is 35.5. The van der Waals surface area contributed by atoms with Crippen molar-refractivity contribution in [1.82, 2.24) is 10.6 Å². The third-order valence-corrected chi connectivity index (χ3v) is 3.30. The van der Waals surface area contributed by atoms with E-state index in [0.29, 0.717) is 5.02 Å². The zero-order chi connectivity index (χ0) is 16.7. The largest absolute Gasteiger partial charge is 0.480 e. The molecule has 0 saturated heterocycles. The van der Waals surface area contributed by atoms with Crippen LogP contribution in [0.15, 0.2) is 18.2 Å². The van der Waals surface area contributed by atoms with E-state index in [0.717, 1.165) is 0 Å². The smallest absolute Gasteiger partial charge is 0.328 e. The molecule has 1 aromatic rings. The van der Waals surface area contributed by atoms with Gasteiger partial charge in [0.1, 0.15) is 0 Å². The molecule has 0 radical (unpaired) electrons. The lowest BCUT2D eigenvalue weighted by atomic mass is 10.2. The molecule has 2 amide bonds. The van der Waals surface area contributed by atoms with Crippen LogP contribution < -0.4 is 10.6 Å². The molecule has 1 rings (SSSR count). The third kappa shape index (κ3) is 5.51. The first-order valence-corrected chi connectivity index (χ1v) is 6.85. The van der Waals surface area contributed by atoms with Gasteiger partial charge in [-0.25, -0.2) is 4.79 Å². The molecular formula is C13H14Cl2N2O5. The molecule has 7 nitrogen and oxygen atoms in total. The van der Waals surface area contributed by atoms with Crippen molar-refractivity contribution in [2.45, 2.75) is 6.04 Å². The van der Waals surface area contributed by atoms with Gasteiger partial charge in [0.2, 0.25) is 5.91 Å². The molecule has 0 bridgehead atoms. The fraction of sp³-hybridized carbons (Fsp3) is 0.308. The van der Waals surface area contributed by atoms with E-state index in [-0.39, 0.29) is 23.7 Å². The van der Waals surface area contributed by atoms with E-state index >= 15 is 0 Å². The maximum absolute atomic E-state index is 11.8. The van der Waals surface area contributed by atoms with Gasteiger partial charge in [-0.1, -0.05) is 23.2 Å². The van der Waals surface area contributed by atoms with E-state index in [1.807, 2.05) is 0 Å². The van der Waals surface area contributed by atoms with Crippen LogP contribution in [-0.4, -0.2) is 49.2 Å². The molecule has 120 valence electrons. The number of rotatable bonds is 7. The maximum atomic E-state index is 11.8. The highest BCUT2D eigenvalue weighted by Crippen LogP contribution is 2.22. The fourth-order valence-electron chi connectivity index (χ4n) is 1.49. The van der Waals surface area contributed by atoms with Crippen molar-refractivity contribution in [2.75, 3.05) is 20.3 Å². The fourth-order valence-corrected chi connectivity index (χ4v) is 1.78. The Morgan fingerprint density at radius 3 is 2.50 bits per heavy atom. The third-order valence-electron chi connectivity index (χ3n) is 2.56. The van der Waals surface area contributed by atoms with Crippen LogP contribution in [0.3, 0.4) is 0 Å². The van der Waals surface area contributed by atoms with Crippen molar-refractivity contribution in [3.63, 3.8) is 0 Å². The Kier molecular flexibility index (Phi) is 7.10. The molecule has 0 saturated carbocycles. The molecule has 0 spiro atoms. The van der Waals surface area contributed by atoms with E-state index in [4.69, 9.17) is 28.3 Å². The summed E-state index contributed by atoms with van der Waals surface area (Å²) >= 11 is 11.5. The number of hydrogen-bond acceptors (Lipinski definition) is 4. The molecule has 3 N–H and O–H groups in total. The predicted molar refractivity (Wildman–Crippen MR) is 80.2 cm³/mol. The highest BCUT2D eigenvalue weighted by Gasteiger charge is 2.20. The van der Waals surface area contributed by atoms with Gasteiger partial charge < -0.3 is 20.5 Å². The second-order valence-corrected chi connectivity index (χ2v) is 5.04. The molecule has 0 aliphatic carbocycles. The van der Waals surface area contributed by atoms with Crippen molar-refractivity contribution < 1.29 is 24.2 Å². The minimum atomic E-state index is -1.23. The lowest BCUT2D eigenvalue weighted by Gasteiger charge is -2.13. The van der Waals surface area contributed by atoms with Crippen molar-refractivity contribution in [3.8, 4) is 0 Å². The van der Waals surface area contributed by atoms with E-state index < -0.39 is 23.8 Å². The maximum Gasteiger partial charge on any atom is 0.328 e. The standard InChI is InChI=1S/C13H14Cl2N2O5/c1-22-6-10(13(20)21)17-11(18)5-16-12(19)7-2-3-8(14)9(15)4-7/h2-4,10H,5-6H2,1H3,(H,16,19)(H,17,18)(H,20,21). The van der Waals surface area contributed by atoms with Gasteiger partial charge >= 0.3 is 5.97 Å². The van der Waals surface area contributed by atoms with E-state index in [9.17, 15) is 14.4 Å².